The number of carbonyl (C=O) groups is 1. The van der Waals surface area contributed by atoms with Crippen LogP contribution in [0.5, 0.6) is 0 Å². The summed E-state index contributed by atoms with van der Waals surface area (Å²) in [6.45, 7) is 3.42. The topological polar surface area (TPSA) is 40.5 Å². The fraction of sp³-hybridized carbons (Fsp3) is 0.923. The van der Waals surface area contributed by atoms with E-state index in [0.717, 1.165) is 18.2 Å². The lowest BCUT2D eigenvalue weighted by Gasteiger charge is -2.43. The molecule has 0 radical (unpaired) electrons. The Balaban J connectivity index is 1.93. The van der Waals surface area contributed by atoms with Crippen molar-refractivity contribution in [2.75, 3.05) is 18.1 Å². The molecule has 1 aliphatic heterocycles. The molecular weight excluding hydrogens is 234 g/mol. The summed E-state index contributed by atoms with van der Waals surface area (Å²) in [7, 11) is 0. The molecule has 1 heterocycles. The minimum Gasteiger partial charge on any atom is -0.481 e. The van der Waals surface area contributed by atoms with Crippen molar-refractivity contribution in [3.8, 4) is 0 Å². The Bertz CT molecular complexity index is 264. The van der Waals surface area contributed by atoms with Gasteiger partial charge in [-0.25, -0.2) is 0 Å². The van der Waals surface area contributed by atoms with E-state index in [2.05, 4.69) is 11.8 Å². The van der Waals surface area contributed by atoms with Crippen molar-refractivity contribution in [3.05, 3.63) is 0 Å². The van der Waals surface area contributed by atoms with Crippen molar-refractivity contribution in [1.82, 2.24) is 4.90 Å². The molecule has 1 saturated carbocycles. The second-order valence-corrected chi connectivity index (χ2v) is 6.63. The van der Waals surface area contributed by atoms with E-state index in [1.165, 1.54) is 31.4 Å². The highest BCUT2D eigenvalue weighted by Crippen LogP contribution is 2.31. The summed E-state index contributed by atoms with van der Waals surface area (Å²) < 4.78 is 0. The summed E-state index contributed by atoms with van der Waals surface area (Å²) in [5, 5.41) is 8.99. The monoisotopic (exact) mass is 257 g/mol. The van der Waals surface area contributed by atoms with Gasteiger partial charge in [0, 0.05) is 30.1 Å². The maximum atomic E-state index is 10.9. The molecule has 1 atom stereocenters. The average molecular weight is 257 g/mol. The Hall–Kier alpha value is -0.220. The molecular formula is C13H23NO2S. The molecule has 0 aromatic rings. The lowest BCUT2D eigenvalue weighted by Crippen LogP contribution is -2.50. The molecule has 17 heavy (non-hydrogen) atoms. The molecule has 0 aromatic heterocycles. The summed E-state index contributed by atoms with van der Waals surface area (Å²) in [6.07, 6.45) is 5.48. The zero-order valence-electron chi connectivity index (χ0n) is 10.6. The number of thioether (sulfide) groups is 1. The first-order valence-corrected chi connectivity index (χ1v) is 7.87. The van der Waals surface area contributed by atoms with Gasteiger partial charge in [0.25, 0.3) is 0 Å². The molecule has 1 N–H and O–H groups in total. The van der Waals surface area contributed by atoms with Gasteiger partial charge in [-0.1, -0.05) is 6.92 Å². The first-order chi connectivity index (χ1) is 8.16. The molecule has 1 unspecified atom stereocenters. The molecule has 2 rings (SSSR count). The molecule has 3 nitrogen and oxygen atoms in total. The van der Waals surface area contributed by atoms with Gasteiger partial charge in [-0.2, -0.15) is 11.8 Å². The fourth-order valence-corrected chi connectivity index (χ4v) is 4.19. The van der Waals surface area contributed by atoms with Gasteiger partial charge in [-0.05, 0) is 31.6 Å². The van der Waals surface area contributed by atoms with Gasteiger partial charge in [0.2, 0.25) is 0 Å². The van der Waals surface area contributed by atoms with Crippen LogP contribution < -0.4 is 0 Å². The third-order valence-electron chi connectivity index (χ3n) is 4.14. The van der Waals surface area contributed by atoms with Gasteiger partial charge in [-0.15, -0.1) is 0 Å². The zero-order valence-corrected chi connectivity index (χ0v) is 11.4. The molecule has 0 bridgehead atoms. The molecule has 2 aliphatic rings. The van der Waals surface area contributed by atoms with Crippen molar-refractivity contribution < 1.29 is 9.90 Å². The number of aliphatic carboxylic acids is 1. The van der Waals surface area contributed by atoms with Gasteiger partial charge < -0.3 is 5.11 Å². The third-order valence-corrected chi connectivity index (χ3v) is 5.23. The van der Waals surface area contributed by atoms with Gasteiger partial charge in [0.05, 0.1) is 6.42 Å². The summed E-state index contributed by atoms with van der Waals surface area (Å²) in [5.41, 5.74) is 0. The van der Waals surface area contributed by atoms with Crippen LogP contribution in [0.25, 0.3) is 0 Å². The second kappa shape index (κ2) is 6.10. The average Bonchev–Trinajstić information content (AvgIpc) is 2.30. The highest BCUT2D eigenvalue weighted by Gasteiger charge is 2.32. The standard InChI is InChI=1S/C13H23NO2S/c1-10-2-4-11(5-3-10)14-6-7-17-9-12(14)8-13(15)16/h10-12H,2-9H2,1H3,(H,15,16). The van der Waals surface area contributed by atoms with E-state index < -0.39 is 5.97 Å². The van der Waals surface area contributed by atoms with Crippen LogP contribution in [-0.2, 0) is 4.79 Å². The van der Waals surface area contributed by atoms with Crippen LogP contribution >= 0.6 is 11.8 Å². The van der Waals surface area contributed by atoms with Crippen LogP contribution in [0.4, 0.5) is 0 Å². The number of hydrogen-bond acceptors (Lipinski definition) is 3. The maximum Gasteiger partial charge on any atom is 0.304 e. The first kappa shape index (κ1) is 13.2. The minimum absolute atomic E-state index is 0.268. The van der Waals surface area contributed by atoms with E-state index in [0.29, 0.717) is 12.5 Å². The molecule has 4 heteroatoms. The molecule has 1 aliphatic carbocycles. The molecule has 98 valence electrons. The zero-order chi connectivity index (χ0) is 12.3. The number of hydrogen-bond donors (Lipinski definition) is 1. The Morgan fingerprint density at radius 3 is 2.71 bits per heavy atom. The number of carboxylic acids is 1. The Labute approximate surface area is 108 Å². The van der Waals surface area contributed by atoms with E-state index >= 15 is 0 Å². The van der Waals surface area contributed by atoms with Gasteiger partial charge in [0.1, 0.15) is 0 Å². The van der Waals surface area contributed by atoms with Crippen LogP contribution in [0.2, 0.25) is 0 Å². The smallest absolute Gasteiger partial charge is 0.304 e. The van der Waals surface area contributed by atoms with E-state index in [-0.39, 0.29) is 6.04 Å². The van der Waals surface area contributed by atoms with Gasteiger partial charge in [0.15, 0.2) is 0 Å². The van der Waals surface area contributed by atoms with E-state index in [1.807, 2.05) is 11.8 Å². The quantitative estimate of drug-likeness (QED) is 0.843. The lowest BCUT2D eigenvalue weighted by molar-refractivity contribution is -0.138. The Morgan fingerprint density at radius 2 is 2.06 bits per heavy atom. The molecule has 0 amide bonds. The summed E-state index contributed by atoms with van der Waals surface area (Å²) in [5.74, 6) is 2.38. The third kappa shape index (κ3) is 3.62. The van der Waals surface area contributed by atoms with Crippen LogP contribution in [0.1, 0.15) is 39.0 Å². The summed E-state index contributed by atoms with van der Waals surface area (Å²) >= 11 is 1.91. The Kier molecular flexibility index (Phi) is 4.74. The van der Waals surface area contributed by atoms with Crippen LogP contribution in [-0.4, -0.2) is 46.1 Å². The van der Waals surface area contributed by atoms with E-state index in [9.17, 15) is 4.79 Å². The molecule has 2 fully saturated rings. The molecule has 1 saturated heterocycles. The predicted molar refractivity (Wildman–Crippen MR) is 71.5 cm³/mol. The van der Waals surface area contributed by atoms with E-state index in [4.69, 9.17) is 5.11 Å². The number of rotatable bonds is 3. The number of nitrogens with zero attached hydrogens (tertiary/aromatic N) is 1. The molecule has 0 aromatic carbocycles. The van der Waals surface area contributed by atoms with Crippen molar-refractivity contribution in [1.29, 1.82) is 0 Å². The number of carboxylic acid groups (broad SMARTS) is 1. The van der Waals surface area contributed by atoms with Crippen molar-refractivity contribution >= 4 is 17.7 Å². The van der Waals surface area contributed by atoms with Crippen molar-refractivity contribution in [3.63, 3.8) is 0 Å². The summed E-state index contributed by atoms with van der Waals surface area (Å²) in [6, 6.07) is 0.918. The minimum atomic E-state index is -0.647. The lowest BCUT2D eigenvalue weighted by atomic mass is 9.86. The fourth-order valence-electron chi connectivity index (χ4n) is 3.10. The Morgan fingerprint density at radius 1 is 1.35 bits per heavy atom. The van der Waals surface area contributed by atoms with Crippen molar-refractivity contribution in [2.45, 2.75) is 51.1 Å². The summed E-state index contributed by atoms with van der Waals surface area (Å²) in [4.78, 5) is 13.4. The van der Waals surface area contributed by atoms with Crippen LogP contribution in [0, 0.1) is 5.92 Å². The SMILES string of the molecule is CC1CCC(N2CCSCC2CC(=O)O)CC1. The first-order valence-electron chi connectivity index (χ1n) is 6.72. The normalized spacial score (nSPS) is 35.7. The maximum absolute atomic E-state index is 10.9. The van der Waals surface area contributed by atoms with Crippen molar-refractivity contribution in [2.24, 2.45) is 5.92 Å². The highest BCUT2D eigenvalue weighted by molar-refractivity contribution is 7.99. The van der Waals surface area contributed by atoms with Gasteiger partial charge in [-0.3, -0.25) is 9.69 Å². The van der Waals surface area contributed by atoms with Crippen LogP contribution in [0.15, 0.2) is 0 Å². The second-order valence-electron chi connectivity index (χ2n) is 5.48. The largest absolute Gasteiger partial charge is 0.481 e. The highest BCUT2D eigenvalue weighted by atomic mass is 32.2. The van der Waals surface area contributed by atoms with E-state index in [1.54, 1.807) is 0 Å². The van der Waals surface area contributed by atoms with Crippen LogP contribution in [0.3, 0.4) is 0 Å². The molecule has 0 spiro atoms. The van der Waals surface area contributed by atoms with Gasteiger partial charge >= 0.3 is 5.97 Å². The predicted octanol–water partition coefficient (Wildman–Crippen LogP) is 2.46.